The van der Waals surface area contributed by atoms with Crippen LogP contribution in [0.4, 0.5) is 4.39 Å². The summed E-state index contributed by atoms with van der Waals surface area (Å²) < 4.78 is 18.7. The highest BCUT2D eigenvalue weighted by Crippen LogP contribution is 2.34. The van der Waals surface area contributed by atoms with E-state index in [1.165, 1.54) is 24.3 Å². The first-order chi connectivity index (χ1) is 11.1. The average Bonchev–Trinajstić information content (AvgIpc) is 3.02. The van der Waals surface area contributed by atoms with Gasteiger partial charge in [0, 0.05) is 25.1 Å². The Labute approximate surface area is 132 Å². The van der Waals surface area contributed by atoms with Crippen molar-refractivity contribution in [3.63, 3.8) is 0 Å². The smallest absolute Gasteiger partial charge is 0.267 e. The monoisotopic (exact) mass is 316 g/mol. The number of hydrogen-bond acceptors (Lipinski definition) is 3. The summed E-state index contributed by atoms with van der Waals surface area (Å²) in [7, 11) is 0. The highest BCUT2D eigenvalue weighted by atomic mass is 19.1. The number of benzene rings is 1. The number of H-pyrrole nitrogens is 1. The molecule has 2 heterocycles. The normalized spacial score (nSPS) is 20.4. The van der Waals surface area contributed by atoms with Gasteiger partial charge in [-0.25, -0.2) is 4.39 Å². The zero-order valence-corrected chi connectivity index (χ0v) is 12.4. The second-order valence-corrected chi connectivity index (χ2v) is 5.53. The third kappa shape index (κ3) is 3.65. The van der Waals surface area contributed by atoms with Gasteiger partial charge < -0.3 is 15.0 Å². The largest absolute Gasteiger partial charge is 0.373 e. The van der Waals surface area contributed by atoms with Crippen LogP contribution >= 0.6 is 0 Å². The molecule has 0 saturated carbocycles. The standard InChI is InChI=1S/C17H17FN2O3/c18-13-6-4-11(5-7-13)16-12(8-9-23-16)10-19-17(22)14-2-1-3-15(21)20-14/h1-7,12,16H,8-10H2,(H,19,22)(H,20,21)/t12-,16-/m0/s1. The van der Waals surface area contributed by atoms with E-state index in [1.807, 2.05) is 0 Å². The van der Waals surface area contributed by atoms with Crippen LogP contribution < -0.4 is 10.9 Å². The lowest BCUT2D eigenvalue weighted by Crippen LogP contribution is -2.32. The Kier molecular flexibility index (Phi) is 4.52. The molecule has 1 aromatic carbocycles. The molecule has 0 radical (unpaired) electrons. The third-order valence-corrected chi connectivity index (χ3v) is 3.95. The minimum atomic E-state index is -0.326. The van der Waals surface area contributed by atoms with Crippen molar-refractivity contribution in [2.75, 3.05) is 13.2 Å². The number of pyridine rings is 1. The highest BCUT2D eigenvalue weighted by Gasteiger charge is 2.30. The molecule has 5 nitrogen and oxygen atoms in total. The van der Waals surface area contributed by atoms with Crippen molar-refractivity contribution < 1.29 is 13.9 Å². The molecular weight excluding hydrogens is 299 g/mol. The lowest BCUT2D eigenvalue weighted by Gasteiger charge is -2.19. The molecule has 2 aromatic rings. The number of aromatic nitrogens is 1. The van der Waals surface area contributed by atoms with E-state index in [0.717, 1.165) is 12.0 Å². The van der Waals surface area contributed by atoms with Gasteiger partial charge >= 0.3 is 0 Å². The number of hydrogen-bond donors (Lipinski definition) is 2. The summed E-state index contributed by atoms with van der Waals surface area (Å²) >= 11 is 0. The Hall–Kier alpha value is -2.47. The number of aromatic amines is 1. The van der Waals surface area contributed by atoms with Crippen molar-refractivity contribution in [2.45, 2.75) is 12.5 Å². The number of carbonyl (C=O) groups is 1. The van der Waals surface area contributed by atoms with Crippen molar-refractivity contribution in [3.05, 3.63) is 69.9 Å². The van der Waals surface area contributed by atoms with Gasteiger partial charge in [0.25, 0.3) is 5.91 Å². The molecular formula is C17H17FN2O3. The molecule has 6 heteroatoms. The van der Waals surface area contributed by atoms with E-state index >= 15 is 0 Å². The fraction of sp³-hybridized carbons (Fsp3) is 0.294. The van der Waals surface area contributed by atoms with Crippen LogP contribution in [-0.4, -0.2) is 24.0 Å². The molecule has 1 saturated heterocycles. The summed E-state index contributed by atoms with van der Waals surface area (Å²) in [5.41, 5.74) is 0.817. The zero-order valence-electron chi connectivity index (χ0n) is 12.4. The molecule has 3 rings (SSSR count). The van der Waals surface area contributed by atoms with E-state index in [0.29, 0.717) is 13.2 Å². The topological polar surface area (TPSA) is 71.2 Å². The first-order valence-corrected chi connectivity index (χ1v) is 7.48. The molecule has 1 aliphatic heterocycles. The number of halogens is 1. The predicted octanol–water partition coefficient (Wildman–Crippen LogP) is 2.02. The van der Waals surface area contributed by atoms with Gasteiger partial charge in [0.2, 0.25) is 5.56 Å². The maximum absolute atomic E-state index is 13.0. The number of rotatable bonds is 4. The van der Waals surface area contributed by atoms with Crippen molar-refractivity contribution >= 4 is 5.91 Å². The SMILES string of the molecule is O=C(NC[C@@H]1CCO[C@H]1c1ccc(F)cc1)c1cccc(=O)[nH]1. The van der Waals surface area contributed by atoms with Gasteiger partial charge in [0.05, 0.1) is 6.10 Å². The van der Waals surface area contributed by atoms with Crippen molar-refractivity contribution in [1.82, 2.24) is 10.3 Å². The van der Waals surface area contributed by atoms with Crippen molar-refractivity contribution in [2.24, 2.45) is 5.92 Å². The van der Waals surface area contributed by atoms with E-state index in [2.05, 4.69) is 10.3 Å². The van der Waals surface area contributed by atoms with Gasteiger partial charge in [-0.1, -0.05) is 18.2 Å². The van der Waals surface area contributed by atoms with E-state index in [9.17, 15) is 14.0 Å². The van der Waals surface area contributed by atoms with Crippen molar-refractivity contribution in [1.29, 1.82) is 0 Å². The molecule has 1 fully saturated rings. The predicted molar refractivity (Wildman–Crippen MR) is 82.6 cm³/mol. The Bertz CT molecular complexity index is 742. The second-order valence-electron chi connectivity index (χ2n) is 5.53. The first-order valence-electron chi connectivity index (χ1n) is 7.48. The molecule has 0 unspecified atom stereocenters. The van der Waals surface area contributed by atoms with Gasteiger partial charge in [0.1, 0.15) is 11.5 Å². The summed E-state index contributed by atoms with van der Waals surface area (Å²) in [6.45, 7) is 1.03. The Morgan fingerprint density at radius 1 is 1.26 bits per heavy atom. The number of carbonyl (C=O) groups excluding carboxylic acids is 1. The molecule has 1 aromatic heterocycles. The molecule has 2 N–H and O–H groups in total. The van der Waals surface area contributed by atoms with E-state index in [1.54, 1.807) is 18.2 Å². The average molecular weight is 316 g/mol. The Morgan fingerprint density at radius 3 is 2.78 bits per heavy atom. The van der Waals surface area contributed by atoms with Gasteiger partial charge in [-0.3, -0.25) is 9.59 Å². The van der Waals surface area contributed by atoms with Crippen LogP contribution in [0.25, 0.3) is 0 Å². The summed E-state index contributed by atoms with van der Waals surface area (Å²) in [4.78, 5) is 25.8. The summed E-state index contributed by atoms with van der Waals surface area (Å²) in [6.07, 6.45) is 0.652. The van der Waals surface area contributed by atoms with Gasteiger partial charge in [0.15, 0.2) is 0 Å². The third-order valence-electron chi connectivity index (χ3n) is 3.95. The zero-order chi connectivity index (χ0) is 16.2. The number of ether oxygens (including phenoxy) is 1. The quantitative estimate of drug-likeness (QED) is 0.906. The first kappa shape index (κ1) is 15.4. The minimum Gasteiger partial charge on any atom is -0.373 e. The fourth-order valence-corrected chi connectivity index (χ4v) is 2.76. The summed E-state index contributed by atoms with van der Waals surface area (Å²) in [6, 6.07) is 10.7. The molecule has 1 aliphatic rings. The second kappa shape index (κ2) is 6.75. The van der Waals surface area contributed by atoms with Crippen LogP contribution in [0.3, 0.4) is 0 Å². The number of nitrogens with one attached hydrogen (secondary N) is 2. The summed E-state index contributed by atoms with van der Waals surface area (Å²) in [5, 5.41) is 2.82. The molecule has 0 spiro atoms. The van der Waals surface area contributed by atoms with Crippen LogP contribution in [-0.2, 0) is 4.74 Å². The van der Waals surface area contributed by atoms with E-state index < -0.39 is 0 Å². The molecule has 1 amide bonds. The molecule has 23 heavy (non-hydrogen) atoms. The molecule has 0 aliphatic carbocycles. The minimum absolute atomic E-state index is 0.111. The van der Waals surface area contributed by atoms with Crippen LogP contribution in [0.1, 0.15) is 28.6 Å². The Morgan fingerprint density at radius 2 is 2.04 bits per heavy atom. The van der Waals surface area contributed by atoms with Gasteiger partial charge in [-0.05, 0) is 30.2 Å². The number of amides is 1. The maximum atomic E-state index is 13.0. The molecule has 2 atom stereocenters. The van der Waals surface area contributed by atoms with Gasteiger partial charge in [-0.2, -0.15) is 0 Å². The highest BCUT2D eigenvalue weighted by molar-refractivity contribution is 5.92. The lowest BCUT2D eigenvalue weighted by molar-refractivity contribution is 0.0843. The van der Waals surface area contributed by atoms with Crippen molar-refractivity contribution in [3.8, 4) is 0 Å². The molecule has 120 valence electrons. The summed E-state index contributed by atoms with van der Waals surface area (Å²) in [5.74, 6) is -0.503. The Balaban J connectivity index is 1.64. The van der Waals surface area contributed by atoms with Gasteiger partial charge in [-0.15, -0.1) is 0 Å². The van der Waals surface area contributed by atoms with E-state index in [4.69, 9.17) is 4.74 Å². The van der Waals surface area contributed by atoms with Crippen LogP contribution in [0.5, 0.6) is 0 Å². The maximum Gasteiger partial charge on any atom is 0.267 e. The van der Waals surface area contributed by atoms with Crippen LogP contribution in [0.2, 0.25) is 0 Å². The van der Waals surface area contributed by atoms with E-state index in [-0.39, 0.29) is 35.0 Å². The van der Waals surface area contributed by atoms with Crippen LogP contribution in [0, 0.1) is 11.7 Å². The fourth-order valence-electron chi connectivity index (χ4n) is 2.76. The van der Waals surface area contributed by atoms with Crippen LogP contribution in [0.15, 0.2) is 47.3 Å². The lowest BCUT2D eigenvalue weighted by atomic mass is 9.95. The molecule has 0 bridgehead atoms.